The van der Waals surface area contributed by atoms with Gasteiger partial charge in [-0.3, -0.25) is 9.36 Å². The van der Waals surface area contributed by atoms with Gasteiger partial charge in [-0.25, -0.2) is 28.1 Å². The van der Waals surface area contributed by atoms with E-state index in [9.17, 15) is 18.0 Å². The molecule has 3 heterocycles. The molecule has 0 aliphatic carbocycles. The molecule has 2 N–H and O–H groups in total. The molecule has 2 aromatic carbocycles. The summed E-state index contributed by atoms with van der Waals surface area (Å²) in [5.41, 5.74) is 0.623. The van der Waals surface area contributed by atoms with Crippen molar-refractivity contribution in [2.75, 3.05) is 5.32 Å². The van der Waals surface area contributed by atoms with Crippen LogP contribution in [0.3, 0.4) is 0 Å². The Morgan fingerprint density at radius 2 is 1.85 bits per heavy atom. The minimum Gasteiger partial charge on any atom is -0.360 e. The van der Waals surface area contributed by atoms with Crippen LogP contribution in [0.25, 0.3) is 27.6 Å². The number of aromatic amines is 1. The predicted molar refractivity (Wildman–Crippen MR) is 118 cm³/mol. The zero-order valence-corrected chi connectivity index (χ0v) is 17.3. The Kier molecular flexibility index (Phi) is 5.04. The maximum absolute atomic E-state index is 14.6. The van der Waals surface area contributed by atoms with Gasteiger partial charge in [-0.05, 0) is 36.1 Å². The summed E-state index contributed by atoms with van der Waals surface area (Å²) in [6, 6.07) is 8.15. The van der Waals surface area contributed by atoms with Crippen LogP contribution in [-0.2, 0) is 0 Å². The van der Waals surface area contributed by atoms with E-state index in [1.165, 1.54) is 24.8 Å². The molecular formula is C23H17F3N6O. The average molecular weight is 450 g/mol. The van der Waals surface area contributed by atoms with E-state index in [1.807, 2.05) is 6.92 Å². The number of hydrogen-bond donors (Lipinski definition) is 2. The number of pyridine rings is 1. The van der Waals surface area contributed by atoms with E-state index in [1.54, 1.807) is 12.1 Å². The number of hydrogen-bond acceptors (Lipinski definition) is 5. The molecule has 0 bridgehead atoms. The lowest BCUT2D eigenvalue weighted by molar-refractivity contribution is 0.579. The molecule has 0 amide bonds. The third-order valence-electron chi connectivity index (χ3n) is 5.42. The zero-order chi connectivity index (χ0) is 23.1. The highest BCUT2D eigenvalue weighted by Crippen LogP contribution is 2.29. The van der Waals surface area contributed by atoms with E-state index in [2.05, 4.69) is 25.3 Å². The van der Waals surface area contributed by atoms with Crippen molar-refractivity contribution in [1.29, 1.82) is 0 Å². The van der Waals surface area contributed by atoms with Gasteiger partial charge in [-0.1, -0.05) is 19.1 Å². The molecule has 0 aliphatic rings. The third kappa shape index (κ3) is 3.59. The molecule has 5 rings (SSSR count). The Hall–Kier alpha value is -4.21. The van der Waals surface area contributed by atoms with E-state index >= 15 is 0 Å². The molecule has 0 fully saturated rings. The quantitative estimate of drug-likeness (QED) is 0.407. The van der Waals surface area contributed by atoms with Crippen LogP contribution >= 0.6 is 0 Å². The van der Waals surface area contributed by atoms with Gasteiger partial charge in [0.1, 0.15) is 29.3 Å². The first kappa shape index (κ1) is 20.7. The first-order chi connectivity index (χ1) is 16.0. The van der Waals surface area contributed by atoms with E-state index < -0.39 is 29.1 Å². The summed E-state index contributed by atoms with van der Waals surface area (Å²) in [6.45, 7) is 1.87. The molecule has 33 heavy (non-hydrogen) atoms. The molecule has 7 nitrogen and oxygen atoms in total. The van der Waals surface area contributed by atoms with Gasteiger partial charge in [0, 0.05) is 11.8 Å². The molecule has 0 saturated carbocycles. The van der Waals surface area contributed by atoms with E-state index in [4.69, 9.17) is 0 Å². The van der Waals surface area contributed by atoms with Crippen molar-refractivity contribution < 1.29 is 13.2 Å². The number of nitrogens with zero attached hydrogens (tertiary/aromatic N) is 4. The highest BCUT2D eigenvalue weighted by Gasteiger charge is 2.22. The topological polar surface area (TPSA) is 88.5 Å². The van der Waals surface area contributed by atoms with Crippen molar-refractivity contribution in [3.63, 3.8) is 0 Å². The highest BCUT2D eigenvalue weighted by atomic mass is 19.1. The maximum Gasteiger partial charge on any atom is 0.266 e. The van der Waals surface area contributed by atoms with Gasteiger partial charge in [0.05, 0.1) is 23.4 Å². The summed E-state index contributed by atoms with van der Waals surface area (Å²) in [6.07, 6.45) is 3.31. The summed E-state index contributed by atoms with van der Waals surface area (Å²) in [4.78, 5) is 28.9. The number of aromatic nitrogens is 5. The smallest absolute Gasteiger partial charge is 0.266 e. The Labute approximate surface area is 185 Å². The van der Waals surface area contributed by atoms with Crippen LogP contribution in [0.5, 0.6) is 0 Å². The Morgan fingerprint density at radius 1 is 1.06 bits per heavy atom. The number of imidazole rings is 1. The number of halogens is 3. The van der Waals surface area contributed by atoms with Crippen LogP contribution in [0.15, 0.2) is 59.9 Å². The van der Waals surface area contributed by atoms with Crippen molar-refractivity contribution in [2.45, 2.75) is 19.4 Å². The summed E-state index contributed by atoms with van der Waals surface area (Å²) >= 11 is 0. The SMILES string of the molecule is CCC(Nc1ncnc2[nH]cnc12)c1cc2cccc(F)c2c(=O)n1-c1cc(F)cc(F)c1. The normalized spacial score (nSPS) is 12.4. The number of benzene rings is 2. The fourth-order valence-electron chi connectivity index (χ4n) is 3.95. The van der Waals surface area contributed by atoms with Gasteiger partial charge < -0.3 is 10.3 Å². The van der Waals surface area contributed by atoms with E-state index in [-0.39, 0.29) is 11.1 Å². The minimum atomic E-state index is -0.855. The fraction of sp³-hybridized carbons (Fsp3) is 0.130. The van der Waals surface area contributed by atoms with Crippen molar-refractivity contribution in [3.05, 3.63) is 88.6 Å². The van der Waals surface area contributed by atoms with Crippen LogP contribution < -0.4 is 10.9 Å². The van der Waals surface area contributed by atoms with Crippen LogP contribution in [0.2, 0.25) is 0 Å². The van der Waals surface area contributed by atoms with Crippen molar-refractivity contribution >= 4 is 27.8 Å². The number of fused-ring (bicyclic) bond motifs is 2. The lowest BCUT2D eigenvalue weighted by Gasteiger charge is -2.23. The van der Waals surface area contributed by atoms with Crippen LogP contribution in [0.4, 0.5) is 19.0 Å². The molecule has 0 aliphatic heterocycles. The summed E-state index contributed by atoms with van der Waals surface area (Å²) < 4.78 is 43.9. The molecule has 10 heteroatoms. The van der Waals surface area contributed by atoms with E-state index in [0.717, 1.165) is 16.7 Å². The molecule has 166 valence electrons. The van der Waals surface area contributed by atoms with Gasteiger partial charge in [-0.2, -0.15) is 0 Å². The molecule has 0 spiro atoms. The molecule has 1 atom stereocenters. The first-order valence-electron chi connectivity index (χ1n) is 10.2. The summed E-state index contributed by atoms with van der Waals surface area (Å²) in [7, 11) is 0. The van der Waals surface area contributed by atoms with Gasteiger partial charge >= 0.3 is 0 Å². The maximum atomic E-state index is 14.6. The second-order valence-electron chi connectivity index (χ2n) is 7.47. The van der Waals surface area contributed by atoms with Gasteiger partial charge in [0.25, 0.3) is 5.56 Å². The molecule has 3 aromatic heterocycles. The second kappa shape index (κ2) is 8.05. The van der Waals surface area contributed by atoms with Gasteiger partial charge in [0.15, 0.2) is 11.5 Å². The number of rotatable bonds is 5. The number of H-pyrrole nitrogens is 1. The molecule has 0 saturated heterocycles. The van der Waals surface area contributed by atoms with Crippen LogP contribution in [-0.4, -0.2) is 24.5 Å². The van der Waals surface area contributed by atoms with Crippen molar-refractivity contribution in [2.24, 2.45) is 0 Å². The lowest BCUT2D eigenvalue weighted by Crippen LogP contribution is -2.27. The fourth-order valence-corrected chi connectivity index (χ4v) is 3.95. The molecule has 5 aromatic rings. The number of nitrogens with one attached hydrogen (secondary N) is 2. The predicted octanol–water partition coefficient (Wildman–Crippen LogP) is 4.64. The Bertz CT molecular complexity index is 1540. The van der Waals surface area contributed by atoms with Gasteiger partial charge in [0.2, 0.25) is 0 Å². The number of anilines is 1. The van der Waals surface area contributed by atoms with E-state index in [0.29, 0.717) is 40.5 Å². The largest absolute Gasteiger partial charge is 0.360 e. The molecular weight excluding hydrogens is 433 g/mol. The Morgan fingerprint density at radius 3 is 2.61 bits per heavy atom. The minimum absolute atomic E-state index is 0.0505. The average Bonchev–Trinajstić information content (AvgIpc) is 3.26. The Balaban J connectivity index is 1.76. The van der Waals surface area contributed by atoms with Crippen LogP contribution in [0.1, 0.15) is 25.1 Å². The highest BCUT2D eigenvalue weighted by molar-refractivity contribution is 5.84. The lowest BCUT2D eigenvalue weighted by atomic mass is 10.0. The standard InChI is InChI=1S/C23H17F3N6O/c1-2-17(31-22-20-21(28-10-27-20)29-11-30-22)18-6-12-4-3-5-16(26)19(12)23(33)32(18)15-8-13(24)7-14(25)9-15/h3-11,17H,2H2,1H3,(H2,27,28,29,30,31). The first-order valence-corrected chi connectivity index (χ1v) is 10.2. The molecule has 0 radical (unpaired) electrons. The van der Waals surface area contributed by atoms with Crippen molar-refractivity contribution in [3.8, 4) is 5.69 Å². The summed E-state index contributed by atoms with van der Waals surface area (Å²) in [5.74, 6) is -2.01. The van der Waals surface area contributed by atoms with Crippen molar-refractivity contribution in [1.82, 2.24) is 24.5 Å². The zero-order valence-electron chi connectivity index (χ0n) is 17.3. The van der Waals surface area contributed by atoms with Gasteiger partial charge in [-0.15, -0.1) is 0 Å². The second-order valence-corrected chi connectivity index (χ2v) is 7.47. The summed E-state index contributed by atoms with van der Waals surface area (Å²) in [5, 5.41) is 3.45. The van der Waals surface area contributed by atoms with Crippen LogP contribution in [0, 0.1) is 17.5 Å². The molecule has 1 unspecified atom stereocenters. The monoisotopic (exact) mass is 450 g/mol. The third-order valence-corrected chi connectivity index (χ3v) is 5.42.